The molecule has 148 valence electrons. The van der Waals surface area contributed by atoms with Crippen molar-refractivity contribution in [2.45, 2.75) is 32.7 Å². The molecule has 0 fully saturated rings. The molecule has 0 radical (unpaired) electrons. The van der Waals surface area contributed by atoms with Gasteiger partial charge in [0.15, 0.2) is 5.78 Å². The lowest BCUT2D eigenvalue weighted by Gasteiger charge is -2.19. The molecule has 1 aromatic carbocycles. The van der Waals surface area contributed by atoms with Crippen molar-refractivity contribution in [1.29, 1.82) is 0 Å². The first-order chi connectivity index (χ1) is 12.9. The fraction of sp³-hybridized carbons (Fsp3) is 0.474. The van der Waals surface area contributed by atoms with Crippen LogP contribution >= 0.6 is 0 Å². The Hall–Kier alpha value is -2.74. The first-order valence-corrected chi connectivity index (χ1v) is 8.97. The Morgan fingerprint density at radius 3 is 2.26 bits per heavy atom. The molecule has 0 aliphatic rings. The van der Waals surface area contributed by atoms with Gasteiger partial charge in [0.2, 0.25) is 17.7 Å². The highest BCUT2D eigenvalue weighted by molar-refractivity contribution is 5.93. The summed E-state index contributed by atoms with van der Waals surface area (Å²) in [6, 6.07) is 8.34. The number of carbonyl (C=O) groups is 4. The third-order valence-corrected chi connectivity index (χ3v) is 4.16. The largest absolute Gasteiger partial charge is 0.347 e. The summed E-state index contributed by atoms with van der Waals surface area (Å²) in [5, 5.41) is 7.53. The number of carbonyl (C=O) groups excluding carboxylic acids is 4. The number of amides is 3. The topological polar surface area (TPSA) is 130 Å². The fourth-order valence-electron chi connectivity index (χ4n) is 2.25. The smallest absolute Gasteiger partial charge is 0.243 e. The monoisotopic (exact) mass is 376 g/mol. The van der Waals surface area contributed by atoms with Crippen molar-refractivity contribution in [3.63, 3.8) is 0 Å². The predicted octanol–water partition coefficient (Wildman–Crippen LogP) is -0.480. The van der Waals surface area contributed by atoms with Gasteiger partial charge in [0.05, 0.1) is 19.6 Å². The van der Waals surface area contributed by atoms with Crippen LogP contribution in [0.15, 0.2) is 30.3 Å². The van der Waals surface area contributed by atoms with Crippen molar-refractivity contribution in [2.75, 3.05) is 19.6 Å². The van der Waals surface area contributed by atoms with E-state index in [-0.39, 0.29) is 37.8 Å². The highest BCUT2D eigenvalue weighted by Crippen LogP contribution is 2.04. The Morgan fingerprint density at radius 2 is 1.67 bits per heavy atom. The van der Waals surface area contributed by atoms with Crippen LogP contribution in [0.2, 0.25) is 0 Å². The number of nitrogens with one attached hydrogen (secondary N) is 3. The van der Waals surface area contributed by atoms with Crippen LogP contribution in [0, 0.1) is 5.92 Å². The first-order valence-electron chi connectivity index (χ1n) is 8.97. The molecule has 0 bridgehead atoms. The number of benzene rings is 1. The summed E-state index contributed by atoms with van der Waals surface area (Å²) in [6.07, 6.45) is 0.959. The van der Waals surface area contributed by atoms with Gasteiger partial charge in [-0.3, -0.25) is 19.2 Å². The van der Waals surface area contributed by atoms with Gasteiger partial charge in [0.1, 0.15) is 6.04 Å². The lowest BCUT2D eigenvalue weighted by Crippen LogP contribution is -2.51. The molecule has 0 saturated carbocycles. The van der Waals surface area contributed by atoms with Gasteiger partial charge in [-0.15, -0.1) is 0 Å². The molecule has 0 aromatic heterocycles. The van der Waals surface area contributed by atoms with E-state index in [1.165, 1.54) is 0 Å². The minimum absolute atomic E-state index is 0.0640. The molecule has 0 saturated heterocycles. The standard InChI is InChI=1S/C19H28N4O4/c1-3-13(2)16(24)11-22-19(27)15(9-14-7-5-4-6-8-14)23-18(26)12-21-17(25)10-20/h4-8,13,15H,3,9-12,20H2,1-2H3,(H,21,25)(H,22,27)(H,23,26). The Balaban J connectivity index is 2.71. The molecule has 0 aliphatic heterocycles. The molecular weight excluding hydrogens is 348 g/mol. The Bertz CT molecular complexity index is 648. The lowest BCUT2D eigenvalue weighted by molar-refractivity contribution is -0.131. The molecule has 3 amide bonds. The van der Waals surface area contributed by atoms with E-state index < -0.39 is 23.8 Å². The van der Waals surface area contributed by atoms with Crippen molar-refractivity contribution in [2.24, 2.45) is 11.7 Å². The third kappa shape index (κ3) is 8.46. The zero-order chi connectivity index (χ0) is 20.2. The maximum absolute atomic E-state index is 12.5. The third-order valence-electron chi connectivity index (χ3n) is 4.16. The summed E-state index contributed by atoms with van der Waals surface area (Å²) in [5.41, 5.74) is 6.03. The molecule has 0 spiro atoms. The SMILES string of the molecule is CCC(C)C(=O)CNC(=O)C(Cc1ccccc1)NC(=O)CNC(=O)CN. The van der Waals surface area contributed by atoms with Gasteiger partial charge in [0.25, 0.3) is 0 Å². The summed E-state index contributed by atoms with van der Waals surface area (Å²) in [7, 11) is 0. The average Bonchev–Trinajstić information content (AvgIpc) is 2.69. The van der Waals surface area contributed by atoms with Crippen LogP contribution in [0.4, 0.5) is 0 Å². The quantitative estimate of drug-likeness (QED) is 0.414. The maximum atomic E-state index is 12.5. The number of nitrogens with two attached hydrogens (primary N) is 1. The van der Waals surface area contributed by atoms with E-state index in [4.69, 9.17) is 5.73 Å². The molecule has 0 aliphatic carbocycles. The van der Waals surface area contributed by atoms with Gasteiger partial charge in [-0.2, -0.15) is 0 Å². The summed E-state index contributed by atoms with van der Waals surface area (Å²) >= 11 is 0. The van der Waals surface area contributed by atoms with E-state index in [0.717, 1.165) is 5.56 Å². The minimum Gasteiger partial charge on any atom is -0.347 e. The van der Waals surface area contributed by atoms with Gasteiger partial charge in [-0.05, 0) is 12.0 Å². The van der Waals surface area contributed by atoms with Crippen LogP contribution in [0.5, 0.6) is 0 Å². The molecule has 5 N–H and O–H groups in total. The normalized spacial score (nSPS) is 12.6. The zero-order valence-electron chi connectivity index (χ0n) is 15.8. The number of hydrogen-bond acceptors (Lipinski definition) is 5. The van der Waals surface area contributed by atoms with Crippen molar-refractivity contribution in [3.05, 3.63) is 35.9 Å². The molecule has 1 aromatic rings. The Kier molecular flexibility index (Phi) is 9.74. The maximum Gasteiger partial charge on any atom is 0.243 e. The minimum atomic E-state index is -0.862. The van der Waals surface area contributed by atoms with Crippen LogP contribution in [0.25, 0.3) is 0 Å². The summed E-state index contributed by atoms with van der Waals surface area (Å²) in [5.74, 6) is -1.63. The second-order valence-corrected chi connectivity index (χ2v) is 6.28. The summed E-state index contributed by atoms with van der Waals surface area (Å²) in [4.78, 5) is 47.6. The highest BCUT2D eigenvalue weighted by atomic mass is 16.2. The molecule has 2 atom stereocenters. The van der Waals surface area contributed by atoms with E-state index >= 15 is 0 Å². The Labute approximate surface area is 159 Å². The molecule has 2 unspecified atom stereocenters. The van der Waals surface area contributed by atoms with Gasteiger partial charge < -0.3 is 21.7 Å². The van der Waals surface area contributed by atoms with Crippen molar-refractivity contribution >= 4 is 23.5 Å². The first kappa shape index (κ1) is 22.3. The number of rotatable bonds is 11. The van der Waals surface area contributed by atoms with E-state index in [9.17, 15) is 19.2 Å². The zero-order valence-corrected chi connectivity index (χ0v) is 15.8. The highest BCUT2D eigenvalue weighted by Gasteiger charge is 2.22. The van der Waals surface area contributed by atoms with E-state index in [2.05, 4.69) is 16.0 Å². The van der Waals surface area contributed by atoms with E-state index in [1.54, 1.807) is 6.92 Å². The van der Waals surface area contributed by atoms with E-state index in [1.807, 2.05) is 37.3 Å². The van der Waals surface area contributed by atoms with Gasteiger partial charge in [-0.1, -0.05) is 44.2 Å². The molecule has 8 nitrogen and oxygen atoms in total. The van der Waals surface area contributed by atoms with Crippen molar-refractivity contribution in [1.82, 2.24) is 16.0 Å². The summed E-state index contributed by atoms with van der Waals surface area (Å²) < 4.78 is 0. The second-order valence-electron chi connectivity index (χ2n) is 6.28. The molecule has 27 heavy (non-hydrogen) atoms. The Morgan fingerprint density at radius 1 is 1.00 bits per heavy atom. The van der Waals surface area contributed by atoms with Gasteiger partial charge in [0, 0.05) is 12.3 Å². The van der Waals surface area contributed by atoms with Gasteiger partial charge >= 0.3 is 0 Å². The van der Waals surface area contributed by atoms with Crippen molar-refractivity contribution in [3.8, 4) is 0 Å². The van der Waals surface area contributed by atoms with Gasteiger partial charge in [-0.25, -0.2) is 0 Å². The molecule has 1 rings (SSSR count). The van der Waals surface area contributed by atoms with Crippen LogP contribution in [0.1, 0.15) is 25.8 Å². The van der Waals surface area contributed by atoms with Crippen LogP contribution in [-0.2, 0) is 25.6 Å². The number of hydrogen-bond donors (Lipinski definition) is 4. The van der Waals surface area contributed by atoms with Crippen LogP contribution in [-0.4, -0.2) is 49.2 Å². The fourth-order valence-corrected chi connectivity index (χ4v) is 2.25. The van der Waals surface area contributed by atoms with Crippen LogP contribution < -0.4 is 21.7 Å². The second kappa shape index (κ2) is 11.8. The van der Waals surface area contributed by atoms with E-state index in [0.29, 0.717) is 6.42 Å². The molecule has 0 heterocycles. The number of ketones is 1. The average molecular weight is 376 g/mol. The van der Waals surface area contributed by atoms with Crippen LogP contribution in [0.3, 0.4) is 0 Å². The predicted molar refractivity (Wildman–Crippen MR) is 102 cm³/mol. The van der Waals surface area contributed by atoms with Crippen molar-refractivity contribution < 1.29 is 19.2 Å². The molecular formula is C19H28N4O4. The summed E-state index contributed by atoms with van der Waals surface area (Å²) in [6.45, 7) is 3.12. The molecule has 8 heteroatoms. The lowest BCUT2D eigenvalue weighted by atomic mass is 10.0. The number of Topliss-reactive ketones (excluding diaryl/α,β-unsaturated/α-hetero) is 1.